The zero-order valence-corrected chi connectivity index (χ0v) is 15.7. The van der Waals surface area contributed by atoms with Crippen LogP contribution in [0.25, 0.3) is 11.1 Å². The van der Waals surface area contributed by atoms with Gasteiger partial charge in [0, 0.05) is 0 Å². The summed E-state index contributed by atoms with van der Waals surface area (Å²) in [4.78, 5) is 0. The molecule has 6 heteroatoms. The number of hydrogen-bond acceptors (Lipinski definition) is 1. The highest BCUT2D eigenvalue weighted by molar-refractivity contribution is 5.68. The van der Waals surface area contributed by atoms with Crippen LogP contribution in [-0.4, -0.2) is 6.36 Å². The number of rotatable bonds is 3. The third-order valence-electron chi connectivity index (χ3n) is 6.25. The van der Waals surface area contributed by atoms with E-state index in [0.717, 1.165) is 43.4 Å². The SMILES string of the molecule is C=C[C@@H]1CC[C@@H]2c3cc(F)c(-c4ccc(OC(F)(F)F)cc4)c(F)c3CC[C@@H]2C1. The van der Waals surface area contributed by atoms with E-state index in [2.05, 4.69) is 11.3 Å². The molecule has 0 unspecified atom stereocenters. The van der Waals surface area contributed by atoms with Crippen LogP contribution in [-0.2, 0) is 6.42 Å². The number of fused-ring (bicyclic) bond motifs is 3. The van der Waals surface area contributed by atoms with E-state index in [1.165, 1.54) is 18.2 Å². The Morgan fingerprint density at radius 2 is 1.76 bits per heavy atom. The Hall–Kier alpha value is -2.37. The predicted molar refractivity (Wildman–Crippen MR) is 101 cm³/mol. The Bertz CT molecular complexity index is 916. The Morgan fingerprint density at radius 1 is 1.03 bits per heavy atom. The van der Waals surface area contributed by atoms with E-state index in [1.54, 1.807) is 0 Å². The van der Waals surface area contributed by atoms with Gasteiger partial charge in [0.25, 0.3) is 0 Å². The van der Waals surface area contributed by atoms with Crippen LogP contribution in [0.2, 0.25) is 0 Å². The number of halogens is 5. The van der Waals surface area contributed by atoms with Crippen molar-refractivity contribution in [2.75, 3.05) is 0 Å². The van der Waals surface area contributed by atoms with Crippen LogP contribution < -0.4 is 4.74 Å². The molecule has 0 saturated heterocycles. The number of alkyl halides is 3. The Morgan fingerprint density at radius 3 is 2.41 bits per heavy atom. The monoisotopic (exact) mass is 408 g/mol. The lowest BCUT2D eigenvalue weighted by Gasteiger charge is -2.40. The number of allylic oxidation sites excluding steroid dienone is 1. The lowest BCUT2D eigenvalue weighted by Crippen LogP contribution is -2.28. The second-order valence-electron chi connectivity index (χ2n) is 7.90. The Balaban J connectivity index is 1.67. The van der Waals surface area contributed by atoms with E-state index in [4.69, 9.17) is 0 Å². The molecular formula is C23H21F5O. The zero-order chi connectivity index (χ0) is 20.8. The van der Waals surface area contributed by atoms with Crippen molar-refractivity contribution in [2.24, 2.45) is 11.8 Å². The molecule has 2 aromatic rings. The molecule has 0 spiro atoms. The van der Waals surface area contributed by atoms with Crippen molar-refractivity contribution in [3.63, 3.8) is 0 Å². The first-order valence-corrected chi connectivity index (χ1v) is 9.76. The highest BCUT2D eigenvalue weighted by Crippen LogP contribution is 2.49. The minimum atomic E-state index is -4.81. The second-order valence-corrected chi connectivity index (χ2v) is 7.90. The molecule has 29 heavy (non-hydrogen) atoms. The smallest absolute Gasteiger partial charge is 0.406 e. The van der Waals surface area contributed by atoms with Gasteiger partial charge in [0.2, 0.25) is 0 Å². The first-order valence-electron chi connectivity index (χ1n) is 9.76. The van der Waals surface area contributed by atoms with Crippen LogP contribution in [0, 0.1) is 23.5 Å². The largest absolute Gasteiger partial charge is 0.573 e. The summed E-state index contributed by atoms with van der Waals surface area (Å²) < 4.78 is 71.0. The van der Waals surface area contributed by atoms with E-state index >= 15 is 4.39 Å². The normalized spacial score (nSPS) is 23.8. The van der Waals surface area contributed by atoms with Gasteiger partial charge in [0.1, 0.15) is 17.4 Å². The summed E-state index contributed by atoms with van der Waals surface area (Å²) in [6.45, 7) is 3.87. The molecule has 0 bridgehead atoms. The average Bonchev–Trinajstić information content (AvgIpc) is 2.67. The maximum Gasteiger partial charge on any atom is 0.573 e. The second kappa shape index (κ2) is 7.47. The van der Waals surface area contributed by atoms with Gasteiger partial charge in [0.05, 0.1) is 5.56 Å². The van der Waals surface area contributed by atoms with Crippen molar-refractivity contribution < 1.29 is 26.7 Å². The van der Waals surface area contributed by atoms with Crippen LogP contribution in [0.5, 0.6) is 5.75 Å². The summed E-state index contributed by atoms with van der Waals surface area (Å²) in [5.74, 6) is -0.699. The Labute approximate surface area is 166 Å². The molecule has 0 N–H and O–H groups in total. The zero-order valence-electron chi connectivity index (χ0n) is 15.7. The van der Waals surface area contributed by atoms with Crippen LogP contribution in [0.4, 0.5) is 22.0 Å². The van der Waals surface area contributed by atoms with E-state index in [9.17, 15) is 17.6 Å². The molecule has 1 nitrogen and oxygen atoms in total. The van der Waals surface area contributed by atoms with E-state index in [1.807, 2.05) is 6.08 Å². The van der Waals surface area contributed by atoms with Crippen LogP contribution >= 0.6 is 0 Å². The maximum absolute atomic E-state index is 15.3. The molecule has 0 aliphatic heterocycles. The first-order chi connectivity index (χ1) is 13.8. The van der Waals surface area contributed by atoms with Crippen molar-refractivity contribution >= 4 is 0 Å². The summed E-state index contributed by atoms with van der Waals surface area (Å²) in [5.41, 5.74) is 1.28. The molecule has 0 amide bonds. The van der Waals surface area contributed by atoms with Crippen molar-refractivity contribution in [3.05, 3.63) is 65.7 Å². The third-order valence-corrected chi connectivity index (χ3v) is 6.25. The number of ether oxygens (including phenoxy) is 1. The number of benzene rings is 2. The summed E-state index contributed by atoms with van der Waals surface area (Å²) in [5, 5.41) is 0. The van der Waals surface area contributed by atoms with Gasteiger partial charge in [-0.25, -0.2) is 8.78 Å². The molecule has 2 aromatic carbocycles. The highest BCUT2D eigenvalue weighted by atomic mass is 19.4. The van der Waals surface area contributed by atoms with Gasteiger partial charge in [-0.1, -0.05) is 18.2 Å². The first kappa shape index (κ1) is 19.9. The topological polar surface area (TPSA) is 9.23 Å². The van der Waals surface area contributed by atoms with Gasteiger partial charge in [-0.2, -0.15) is 0 Å². The van der Waals surface area contributed by atoms with Crippen molar-refractivity contribution in [2.45, 2.75) is 44.4 Å². The fourth-order valence-electron chi connectivity index (χ4n) is 4.92. The highest BCUT2D eigenvalue weighted by Gasteiger charge is 2.37. The fraction of sp³-hybridized carbons (Fsp3) is 0.391. The molecule has 4 rings (SSSR count). The molecule has 1 saturated carbocycles. The minimum Gasteiger partial charge on any atom is -0.406 e. The summed E-state index contributed by atoms with van der Waals surface area (Å²) in [6, 6.07) is 6.05. The van der Waals surface area contributed by atoms with Crippen molar-refractivity contribution in [3.8, 4) is 16.9 Å². The third kappa shape index (κ3) is 3.89. The number of hydrogen-bond donors (Lipinski definition) is 0. The molecular weight excluding hydrogens is 387 g/mol. The van der Waals surface area contributed by atoms with Gasteiger partial charge in [-0.15, -0.1) is 19.8 Å². The van der Waals surface area contributed by atoms with Gasteiger partial charge >= 0.3 is 6.36 Å². The fourth-order valence-corrected chi connectivity index (χ4v) is 4.92. The van der Waals surface area contributed by atoms with E-state index in [-0.39, 0.29) is 17.0 Å². The van der Waals surface area contributed by atoms with Gasteiger partial charge in [0.15, 0.2) is 0 Å². The van der Waals surface area contributed by atoms with E-state index in [0.29, 0.717) is 23.8 Å². The molecule has 0 heterocycles. The van der Waals surface area contributed by atoms with Gasteiger partial charge in [-0.05, 0) is 84.7 Å². The van der Waals surface area contributed by atoms with Crippen LogP contribution in [0.15, 0.2) is 43.0 Å². The lowest BCUT2D eigenvalue weighted by molar-refractivity contribution is -0.274. The van der Waals surface area contributed by atoms with Crippen LogP contribution in [0.1, 0.15) is 42.7 Å². The molecule has 2 aliphatic carbocycles. The molecule has 3 atom stereocenters. The molecule has 0 aromatic heterocycles. The Kier molecular flexibility index (Phi) is 5.13. The van der Waals surface area contributed by atoms with Gasteiger partial charge < -0.3 is 4.74 Å². The van der Waals surface area contributed by atoms with Crippen molar-refractivity contribution in [1.29, 1.82) is 0 Å². The van der Waals surface area contributed by atoms with Crippen molar-refractivity contribution in [1.82, 2.24) is 0 Å². The summed E-state index contributed by atoms with van der Waals surface area (Å²) >= 11 is 0. The van der Waals surface area contributed by atoms with Crippen LogP contribution in [0.3, 0.4) is 0 Å². The molecule has 2 aliphatic rings. The molecule has 154 valence electrons. The minimum absolute atomic E-state index is 0.149. The van der Waals surface area contributed by atoms with Gasteiger partial charge in [-0.3, -0.25) is 0 Å². The van der Waals surface area contributed by atoms with E-state index < -0.39 is 23.7 Å². The quantitative estimate of drug-likeness (QED) is 0.387. The maximum atomic E-state index is 15.3. The standard InChI is InChI=1S/C23H21F5O/c1-2-13-3-9-17-15(11-13)6-10-18-19(17)12-20(24)21(22(18)25)14-4-7-16(8-5-14)29-23(26,27)28/h2,4-5,7-8,12-13,15,17H,1,3,6,9-11H2/t13-,15-,17+/m1/s1. The predicted octanol–water partition coefficient (Wildman–Crippen LogP) is 7.16. The summed E-state index contributed by atoms with van der Waals surface area (Å²) in [6.07, 6.45) is 1.40. The average molecular weight is 408 g/mol. The lowest BCUT2D eigenvalue weighted by atomic mass is 9.65. The molecule has 1 fully saturated rings. The summed E-state index contributed by atoms with van der Waals surface area (Å²) in [7, 11) is 0. The molecule has 0 radical (unpaired) electrons.